The fraction of sp³-hybridized carbons (Fsp3) is 0.632. The van der Waals surface area contributed by atoms with Crippen LogP contribution < -0.4 is 10.6 Å². The predicted molar refractivity (Wildman–Crippen MR) is 95.6 cm³/mol. The van der Waals surface area contributed by atoms with Crippen molar-refractivity contribution in [2.24, 2.45) is 0 Å². The molecule has 0 spiro atoms. The fourth-order valence-electron chi connectivity index (χ4n) is 2.33. The Hall–Kier alpha value is -1.55. The average Bonchev–Trinajstić information content (AvgIpc) is 2.44. The predicted octanol–water partition coefficient (Wildman–Crippen LogP) is 4.17. The van der Waals surface area contributed by atoms with Gasteiger partial charge in [0.25, 0.3) is 0 Å². The molecule has 4 nitrogen and oxygen atoms in total. The van der Waals surface area contributed by atoms with E-state index >= 15 is 0 Å². The van der Waals surface area contributed by atoms with Crippen molar-refractivity contribution in [3.05, 3.63) is 35.4 Å². The maximum Gasteiger partial charge on any atom is 0.407 e. The van der Waals surface area contributed by atoms with Crippen LogP contribution in [0.5, 0.6) is 0 Å². The molecule has 0 aromatic heterocycles. The summed E-state index contributed by atoms with van der Waals surface area (Å²) >= 11 is 0. The van der Waals surface area contributed by atoms with E-state index < -0.39 is 5.60 Å². The van der Waals surface area contributed by atoms with Crippen LogP contribution in [0.25, 0.3) is 0 Å². The zero-order chi connectivity index (χ0) is 17.3. The maximum atomic E-state index is 11.8. The highest BCUT2D eigenvalue weighted by Crippen LogP contribution is 2.08. The maximum absolute atomic E-state index is 11.8. The van der Waals surface area contributed by atoms with Gasteiger partial charge in [-0.05, 0) is 39.7 Å². The van der Waals surface area contributed by atoms with Gasteiger partial charge in [0, 0.05) is 19.1 Å². The van der Waals surface area contributed by atoms with Crippen LogP contribution in [-0.4, -0.2) is 24.3 Å². The van der Waals surface area contributed by atoms with Gasteiger partial charge in [0.05, 0.1) is 0 Å². The molecule has 1 aromatic rings. The number of carbonyl (C=O) groups is 1. The van der Waals surface area contributed by atoms with Gasteiger partial charge in [-0.15, -0.1) is 0 Å². The molecule has 0 aliphatic carbocycles. The lowest BCUT2D eigenvalue weighted by Crippen LogP contribution is -2.42. The van der Waals surface area contributed by atoms with Crippen LogP contribution in [0.15, 0.2) is 24.3 Å². The lowest BCUT2D eigenvalue weighted by atomic mass is 10.1. The summed E-state index contributed by atoms with van der Waals surface area (Å²) in [5.41, 5.74) is 2.07. The number of benzene rings is 1. The van der Waals surface area contributed by atoms with Crippen molar-refractivity contribution < 1.29 is 9.53 Å². The van der Waals surface area contributed by atoms with Gasteiger partial charge in [-0.2, -0.15) is 0 Å². The van der Waals surface area contributed by atoms with Crippen molar-refractivity contribution in [2.75, 3.05) is 6.54 Å². The highest BCUT2D eigenvalue weighted by molar-refractivity contribution is 5.67. The Morgan fingerprint density at radius 1 is 1.30 bits per heavy atom. The standard InChI is InChI=1S/C19H32N2O2/c1-6-7-11-17(14-21-18(22)23-19(3,4)5)20-13-16-10-8-9-15(2)12-16/h8-10,12,17,20H,6-7,11,13-14H2,1-5H3,(H,21,22). The third kappa shape index (κ3) is 9.24. The Bertz CT molecular complexity index is 481. The number of aryl methyl sites for hydroxylation is 1. The number of carbonyl (C=O) groups excluding carboxylic acids is 1. The molecule has 0 bridgehead atoms. The van der Waals surface area contributed by atoms with E-state index in [0.717, 1.165) is 25.8 Å². The number of rotatable bonds is 8. The molecule has 1 rings (SSSR count). The van der Waals surface area contributed by atoms with Crippen LogP contribution in [0.1, 0.15) is 58.1 Å². The number of nitrogens with one attached hydrogen (secondary N) is 2. The van der Waals surface area contributed by atoms with E-state index in [1.165, 1.54) is 11.1 Å². The summed E-state index contributed by atoms with van der Waals surface area (Å²) in [5.74, 6) is 0. The van der Waals surface area contributed by atoms with Crippen molar-refractivity contribution in [1.29, 1.82) is 0 Å². The average molecular weight is 320 g/mol. The minimum Gasteiger partial charge on any atom is -0.444 e. The van der Waals surface area contributed by atoms with Gasteiger partial charge in [0.2, 0.25) is 0 Å². The molecular weight excluding hydrogens is 288 g/mol. The smallest absolute Gasteiger partial charge is 0.407 e. The van der Waals surface area contributed by atoms with E-state index in [-0.39, 0.29) is 12.1 Å². The number of alkyl carbamates (subject to hydrolysis) is 1. The van der Waals surface area contributed by atoms with E-state index in [0.29, 0.717) is 6.54 Å². The molecular formula is C19H32N2O2. The number of hydrogen-bond donors (Lipinski definition) is 2. The molecule has 1 atom stereocenters. The second-order valence-corrected chi connectivity index (χ2v) is 7.09. The van der Waals surface area contributed by atoms with Crippen LogP contribution in [0.4, 0.5) is 4.79 Å². The molecule has 130 valence electrons. The summed E-state index contributed by atoms with van der Waals surface area (Å²) < 4.78 is 5.29. The molecule has 1 aromatic carbocycles. The van der Waals surface area contributed by atoms with E-state index in [1.54, 1.807) is 0 Å². The summed E-state index contributed by atoms with van der Waals surface area (Å²) in [5, 5.41) is 6.42. The Kier molecular flexibility index (Phi) is 8.10. The summed E-state index contributed by atoms with van der Waals surface area (Å²) in [6.45, 7) is 11.3. The Labute approximate surface area is 141 Å². The largest absolute Gasteiger partial charge is 0.444 e. The quantitative estimate of drug-likeness (QED) is 0.756. The Morgan fingerprint density at radius 2 is 2.04 bits per heavy atom. The molecule has 0 saturated heterocycles. The summed E-state index contributed by atoms with van der Waals surface area (Å²) in [4.78, 5) is 11.8. The summed E-state index contributed by atoms with van der Waals surface area (Å²) in [7, 11) is 0. The van der Waals surface area contributed by atoms with Gasteiger partial charge >= 0.3 is 6.09 Å². The zero-order valence-corrected chi connectivity index (χ0v) is 15.2. The fourth-order valence-corrected chi connectivity index (χ4v) is 2.33. The van der Waals surface area contributed by atoms with Crippen LogP contribution in [0, 0.1) is 6.92 Å². The van der Waals surface area contributed by atoms with E-state index in [4.69, 9.17) is 4.74 Å². The first kappa shape index (κ1) is 19.5. The number of unbranched alkanes of at least 4 members (excludes halogenated alkanes) is 1. The summed E-state index contributed by atoms with van der Waals surface area (Å²) in [6, 6.07) is 8.74. The molecule has 23 heavy (non-hydrogen) atoms. The van der Waals surface area contributed by atoms with Gasteiger partial charge < -0.3 is 15.4 Å². The Morgan fingerprint density at radius 3 is 2.65 bits per heavy atom. The van der Waals surface area contributed by atoms with Crippen molar-refractivity contribution in [2.45, 2.75) is 72.1 Å². The second kappa shape index (κ2) is 9.56. The minimum absolute atomic E-state index is 0.253. The normalized spacial score (nSPS) is 12.7. The van der Waals surface area contributed by atoms with Crippen LogP contribution in [0.2, 0.25) is 0 Å². The number of amides is 1. The van der Waals surface area contributed by atoms with E-state index in [1.807, 2.05) is 20.8 Å². The number of hydrogen-bond acceptors (Lipinski definition) is 3. The van der Waals surface area contributed by atoms with Gasteiger partial charge in [0.15, 0.2) is 0 Å². The Balaban J connectivity index is 2.47. The lowest BCUT2D eigenvalue weighted by Gasteiger charge is -2.23. The molecule has 2 N–H and O–H groups in total. The first-order valence-corrected chi connectivity index (χ1v) is 8.56. The highest BCUT2D eigenvalue weighted by atomic mass is 16.6. The highest BCUT2D eigenvalue weighted by Gasteiger charge is 2.17. The molecule has 4 heteroatoms. The van der Waals surface area contributed by atoms with Crippen LogP contribution in [0.3, 0.4) is 0 Å². The minimum atomic E-state index is -0.460. The third-order valence-electron chi connectivity index (χ3n) is 3.48. The molecule has 1 unspecified atom stereocenters. The van der Waals surface area contributed by atoms with Crippen molar-refractivity contribution in [3.63, 3.8) is 0 Å². The van der Waals surface area contributed by atoms with Crippen molar-refractivity contribution in [1.82, 2.24) is 10.6 Å². The molecule has 0 aliphatic rings. The van der Waals surface area contributed by atoms with Gasteiger partial charge in [0.1, 0.15) is 5.60 Å². The van der Waals surface area contributed by atoms with E-state index in [9.17, 15) is 4.79 Å². The zero-order valence-electron chi connectivity index (χ0n) is 15.2. The van der Waals surface area contributed by atoms with Crippen molar-refractivity contribution >= 4 is 6.09 Å². The molecule has 1 amide bonds. The lowest BCUT2D eigenvalue weighted by molar-refractivity contribution is 0.0521. The number of ether oxygens (including phenoxy) is 1. The SMILES string of the molecule is CCCCC(CNC(=O)OC(C)(C)C)NCc1cccc(C)c1. The monoisotopic (exact) mass is 320 g/mol. The first-order valence-electron chi connectivity index (χ1n) is 8.56. The molecule has 0 saturated carbocycles. The van der Waals surface area contributed by atoms with Gasteiger partial charge in [-0.25, -0.2) is 4.79 Å². The van der Waals surface area contributed by atoms with Crippen molar-refractivity contribution in [3.8, 4) is 0 Å². The third-order valence-corrected chi connectivity index (χ3v) is 3.48. The van der Waals surface area contributed by atoms with Crippen LogP contribution in [-0.2, 0) is 11.3 Å². The van der Waals surface area contributed by atoms with Gasteiger partial charge in [-0.3, -0.25) is 0 Å². The molecule has 0 heterocycles. The molecule has 0 fully saturated rings. The molecule has 0 radical (unpaired) electrons. The van der Waals surface area contributed by atoms with Crippen LogP contribution >= 0.6 is 0 Å². The molecule has 0 aliphatic heterocycles. The topological polar surface area (TPSA) is 50.4 Å². The summed E-state index contributed by atoms with van der Waals surface area (Å²) in [6.07, 6.45) is 2.98. The first-order chi connectivity index (χ1) is 10.8. The van der Waals surface area contributed by atoms with E-state index in [2.05, 4.69) is 48.7 Å². The van der Waals surface area contributed by atoms with Gasteiger partial charge in [-0.1, -0.05) is 49.6 Å². The second-order valence-electron chi connectivity index (χ2n) is 7.09.